The maximum Gasteiger partial charge on any atom is 0.418 e. The van der Waals surface area contributed by atoms with Crippen LogP contribution in [0.25, 0.3) is 10.2 Å². The Morgan fingerprint density at radius 1 is 1.22 bits per heavy atom. The van der Waals surface area contributed by atoms with E-state index in [0.717, 1.165) is 10.8 Å². The van der Waals surface area contributed by atoms with Gasteiger partial charge in [-0.1, -0.05) is 12.1 Å². The summed E-state index contributed by atoms with van der Waals surface area (Å²) in [7, 11) is 0. The Balaban J connectivity index is 1.88. The lowest BCUT2D eigenvalue weighted by atomic mass is 10.1. The zero-order chi connectivity index (χ0) is 19.6. The molecular formula is C18H15F3N2O3S. The Morgan fingerprint density at radius 3 is 2.67 bits per heavy atom. The molecule has 0 unspecified atom stereocenters. The number of rotatable bonds is 5. The molecule has 0 atom stereocenters. The van der Waals surface area contributed by atoms with Crippen LogP contribution in [0.1, 0.15) is 23.0 Å². The zero-order valence-corrected chi connectivity index (χ0v) is 15.0. The van der Waals surface area contributed by atoms with E-state index in [9.17, 15) is 22.8 Å². The number of fused-ring (bicyclic) bond motifs is 1. The van der Waals surface area contributed by atoms with E-state index in [1.807, 2.05) is 0 Å². The number of anilines is 1. The number of amides is 1. The fraction of sp³-hybridized carbons (Fsp3) is 0.222. The minimum Gasteiger partial charge on any atom is -0.461 e. The average molecular weight is 396 g/mol. The van der Waals surface area contributed by atoms with Gasteiger partial charge in [0, 0.05) is 0 Å². The van der Waals surface area contributed by atoms with Crippen LogP contribution >= 0.6 is 11.3 Å². The number of hydrogen-bond donors (Lipinski definition) is 1. The number of carbonyl (C=O) groups excluding carboxylic acids is 2. The lowest BCUT2D eigenvalue weighted by Crippen LogP contribution is -2.23. The molecule has 27 heavy (non-hydrogen) atoms. The van der Waals surface area contributed by atoms with E-state index in [1.54, 1.807) is 24.4 Å². The first-order valence-electron chi connectivity index (χ1n) is 8.01. The molecule has 2 heterocycles. The van der Waals surface area contributed by atoms with Crippen molar-refractivity contribution < 1.29 is 27.5 Å². The van der Waals surface area contributed by atoms with Gasteiger partial charge in [0.2, 0.25) is 5.91 Å². The number of hydrogen-bond acceptors (Lipinski definition) is 4. The van der Waals surface area contributed by atoms with Gasteiger partial charge < -0.3 is 14.6 Å². The molecule has 0 aliphatic heterocycles. The molecule has 0 spiro atoms. The third-order valence-corrected chi connectivity index (χ3v) is 4.67. The van der Waals surface area contributed by atoms with Gasteiger partial charge >= 0.3 is 12.1 Å². The van der Waals surface area contributed by atoms with E-state index >= 15 is 0 Å². The second kappa shape index (κ2) is 7.43. The third-order valence-electron chi connectivity index (χ3n) is 3.82. The standard InChI is InChI=1S/C18H15F3N2O3S/c1-2-26-17(25)14-9-15-13(7-8-27-15)23(14)10-16(24)22-12-6-4-3-5-11(12)18(19,20)21/h3-9H,2,10H2,1H3,(H,22,24). The topological polar surface area (TPSA) is 60.3 Å². The Morgan fingerprint density at radius 2 is 1.96 bits per heavy atom. The van der Waals surface area contributed by atoms with E-state index in [2.05, 4.69) is 5.32 Å². The number of esters is 1. The van der Waals surface area contributed by atoms with Crippen molar-refractivity contribution in [3.8, 4) is 0 Å². The van der Waals surface area contributed by atoms with E-state index in [0.29, 0.717) is 5.52 Å². The number of nitrogens with one attached hydrogen (secondary N) is 1. The summed E-state index contributed by atoms with van der Waals surface area (Å²) in [6.07, 6.45) is -4.59. The molecule has 0 aliphatic carbocycles. The summed E-state index contributed by atoms with van der Waals surface area (Å²) >= 11 is 1.39. The van der Waals surface area contributed by atoms with Crippen LogP contribution in [0, 0.1) is 0 Å². The minimum atomic E-state index is -4.59. The molecule has 0 radical (unpaired) electrons. The SMILES string of the molecule is CCOC(=O)c1cc2sccc2n1CC(=O)Nc1ccccc1C(F)(F)F. The summed E-state index contributed by atoms with van der Waals surface area (Å²) in [6, 6.07) is 8.07. The average Bonchev–Trinajstić information content (AvgIpc) is 3.17. The fourth-order valence-electron chi connectivity index (χ4n) is 2.69. The summed E-state index contributed by atoms with van der Waals surface area (Å²) in [6.45, 7) is 1.51. The van der Waals surface area contributed by atoms with Crippen LogP contribution in [-0.2, 0) is 22.3 Å². The zero-order valence-electron chi connectivity index (χ0n) is 14.2. The number of nitrogens with zero attached hydrogens (tertiary/aromatic N) is 1. The summed E-state index contributed by atoms with van der Waals surface area (Å²) in [5.74, 6) is -1.27. The van der Waals surface area contributed by atoms with Crippen molar-refractivity contribution in [2.45, 2.75) is 19.6 Å². The van der Waals surface area contributed by atoms with Gasteiger partial charge in [-0.25, -0.2) is 4.79 Å². The number of ether oxygens (including phenoxy) is 1. The van der Waals surface area contributed by atoms with Gasteiger partial charge in [-0.15, -0.1) is 11.3 Å². The van der Waals surface area contributed by atoms with Crippen molar-refractivity contribution >= 4 is 39.1 Å². The summed E-state index contributed by atoms with van der Waals surface area (Å²) in [5, 5.41) is 4.08. The van der Waals surface area contributed by atoms with E-state index in [-0.39, 0.29) is 24.5 Å². The van der Waals surface area contributed by atoms with Crippen molar-refractivity contribution in [1.29, 1.82) is 0 Å². The molecule has 2 aromatic heterocycles. The fourth-order valence-corrected chi connectivity index (χ4v) is 3.52. The first kappa shape index (κ1) is 19.0. The Hall–Kier alpha value is -2.81. The Bertz CT molecular complexity index is 991. The largest absolute Gasteiger partial charge is 0.461 e. The second-order valence-electron chi connectivity index (χ2n) is 5.60. The van der Waals surface area contributed by atoms with Crippen molar-refractivity contribution in [1.82, 2.24) is 4.57 Å². The van der Waals surface area contributed by atoms with Gasteiger partial charge in [0.1, 0.15) is 12.2 Å². The van der Waals surface area contributed by atoms with Crippen LogP contribution in [0.2, 0.25) is 0 Å². The quantitative estimate of drug-likeness (QED) is 0.645. The van der Waals surface area contributed by atoms with Crippen molar-refractivity contribution in [2.75, 3.05) is 11.9 Å². The van der Waals surface area contributed by atoms with Crippen molar-refractivity contribution in [2.24, 2.45) is 0 Å². The maximum atomic E-state index is 13.1. The number of halogens is 3. The third kappa shape index (κ3) is 3.97. The molecule has 142 valence electrons. The lowest BCUT2D eigenvalue weighted by molar-refractivity contribution is -0.137. The molecule has 3 aromatic rings. The molecule has 0 saturated heterocycles. The molecule has 0 aliphatic rings. The van der Waals surface area contributed by atoms with Crippen molar-refractivity contribution in [3.05, 3.63) is 53.0 Å². The summed E-state index contributed by atoms with van der Waals surface area (Å²) in [4.78, 5) is 24.5. The Labute approximate surface area is 156 Å². The lowest BCUT2D eigenvalue weighted by Gasteiger charge is -2.14. The molecule has 3 rings (SSSR count). The molecule has 1 aromatic carbocycles. The summed E-state index contributed by atoms with van der Waals surface area (Å²) in [5.41, 5.74) is -0.446. The highest BCUT2D eigenvalue weighted by Gasteiger charge is 2.33. The predicted molar refractivity (Wildman–Crippen MR) is 95.8 cm³/mol. The number of para-hydroxylation sites is 1. The van der Waals surface area contributed by atoms with Crippen LogP contribution in [0.5, 0.6) is 0 Å². The van der Waals surface area contributed by atoms with Gasteiger partial charge in [-0.2, -0.15) is 13.2 Å². The molecule has 1 N–H and O–H groups in total. The van der Waals surface area contributed by atoms with Gasteiger partial charge in [0.05, 0.1) is 28.1 Å². The minimum absolute atomic E-state index is 0.169. The highest BCUT2D eigenvalue weighted by atomic mass is 32.1. The van der Waals surface area contributed by atoms with Crippen molar-refractivity contribution in [3.63, 3.8) is 0 Å². The van der Waals surface area contributed by atoms with E-state index < -0.39 is 23.6 Å². The van der Waals surface area contributed by atoms with Gasteiger partial charge in [-0.3, -0.25) is 4.79 Å². The van der Waals surface area contributed by atoms with Crippen LogP contribution in [0.4, 0.5) is 18.9 Å². The molecule has 0 bridgehead atoms. The number of thiophene rings is 1. The first-order chi connectivity index (χ1) is 12.8. The monoisotopic (exact) mass is 396 g/mol. The number of carbonyl (C=O) groups is 2. The molecule has 1 amide bonds. The van der Waals surface area contributed by atoms with Crippen LogP contribution in [-0.4, -0.2) is 23.1 Å². The van der Waals surface area contributed by atoms with Crippen LogP contribution < -0.4 is 5.32 Å². The van der Waals surface area contributed by atoms with E-state index in [1.165, 1.54) is 34.1 Å². The first-order valence-corrected chi connectivity index (χ1v) is 8.89. The molecular weight excluding hydrogens is 381 g/mol. The molecule has 5 nitrogen and oxygen atoms in total. The number of benzene rings is 1. The smallest absolute Gasteiger partial charge is 0.418 e. The predicted octanol–water partition coefficient (Wildman–Crippen LogP) is 4.54. The number of aromatic nitrogens is 1. The molecule has 0 fully saturated rings. The van der Waals surface area contributed by atoms with Crippen LogP contribution in [0.3, 0.4) is 0 Å². The highest BCUT2D eigenvalue weighted by molar-refractivity contribution is 7.17. The van der Waals surface area contributed by atoms with E-state index in [4.69, 9.17) is 4.74 Å². The summed E-state index contributed by atoms with van der Waals surface area (Å²) < 4.78 is 46.5. The molecule has 9 heteroatoms. The normalized spacial score (nSPS) is 11.6. The van der Waals surface area contributed by atoms with Gasteiger partial charge in [0.25, 0.3) is 0 Å². The van der Waals surface area contributed by atoms with Crippen LogP contribution in [0.15, 0.2) is 41.8 Å². The van der Waals surface area contributed by atoms with Gasteiger partial charge in [-0.05, 0) is 36.6 Å². The highest BCUT2D eigenvalue weighted by Crippen LogP contribution is 2.34. The van der Waals surface area contributed by atoms with Gasteiger partial charge in [0.15, 0.2) is 0 Å². The second-order valence-corrected chi connectivity index (χ2v) is 6.55. The Kier molecular flexibility index (Phi) is 5.22. The number of alkyl halides is 3. The maximum absolute atomic E-state index is 13.1. The molecule has 0 saturated carbocycles.